The summed E-state index contributed by atoms with van der Waals surface area (Å²) >= 11 is 7.81. The van der Waals surface area contributed by atoms with E-state index >= 15 is 0 Å². The molecule has 0 aliphatic carbocycles. The van der Waals surface area contributed by atoms with Crippen molar-refractivity contribution in [1.82, 2.24) is 29.5 Å². The van der Waals surface area contributed by atoms with Crippen LogP contribution in [0.5, 0.6) is 17.5 Å². The van der Waals surface area contributed by atoms with Crippen LogP contribution in [-0.4, -0.2) is 120 Å². The lowest BCUT2D eigenvalue weighted by Crippen LogP contribution is -2.49. The fourth-order valence-corrected chi connectivity index (χ4v) is 10.3. The largest absolute Gasteiger partial charge is 0.508 e. The van der Waals surface area contributed by atoms with Gasteiger partial charge in [-0.05, 0) is 92.5 Å². The Kier molecular flexibility index (Phi) is 12.7. The lowest BCUT2D eigenvalue weighted by molar-refractivity contribution is -0.132. The standard InChI is InChI=1S/C47H55ClN10O4S/c1-27(2)36-22-37(40(60)24-39(36)59)45-52-53-47(62)58(45)35-12-6-31(7-13-35)25-54-18-20-55(21-19-54)26-32-14-16-56(17-15-32)41(61)23-38-44(50)57(30(5)49)46-42(28(3)29(4)63-46)43(51-38)33-8-10-34(48)11-9-33/h6-13,22,24,27,32,38,49-50,59-60H,14-21,23,25-26H2,1-5H3,(H,53,62)/t38-/m0/s1. The molecule has 2 fully saturated rings. The molecule has 0 spiro atoms. The first-order valence-corrected chi connectivity index (χ1v) is 22.8. The van der Waals surface area contributed by atoms with Gasteiger partial charge in [-0.25, -0.2) is 4.57 Å². The summed E-state index contributed by atoms with van der Waals surface area (Å²) in [5.41, 5.74) is 6.36. The number of aryl methyl sites for hydroxylation is 1. The summed E-state index contributed by atoms with van der Waals surface area (Å²) in [6, 6.07) is 17.4. The number of piperazine rings is 1. The van der Waals surface area contributed by atoms with Crippen LogP contribution < -0.4 is 4.90 Å². The van der Waals surface area contributed by atoms with E-state index in [4.69, 9.17) is 22.0 Å². The molecule has 14 nitrogen and oxygen atoms in total. The van der Waals surface area contributed by atoms with E-state index in [0.717, 1.165) is 90.0 Å². The van der Waals surface area contributed by atoms with Gasteiger partial charge < -0.3 is 25.1 Å². The summed E-state index contributed by atoms with van der Waals surface area (Å²) < 4.78 is 1.49. The number of halogens is 1. The van der Waals surface area contributed by atoms with Crippen LogP contribution in [0.4, 0.5) is 5.00 Å². The highest BCUT2D eigenvalue weighted by Gasteiger charge is 2.36. The molecule has 3 aliphatic heterocycles. The molecule has 3 aliphatic rings. The number of carbonyl (C=O) groups excluding carboxylic acids is 1. The Hall–Kier alpha value is -5.61. The number of aromatic nitrogens is 3. The molecule has 8 rings (SSSR count). The molecule has 1 atom stereocenters. The summed E-state index contributed by atoms with van der Waals surface area (Å²) in [4.78, 5) is 28.8. The third kappa shape index (κ3) is 9.10. The maximum absolute atomic E-state index is 13.9. The topological polar surface area (TPSA) is 181 Å². The van der Waals surface area contributed by atoms with Gasteiger partial charge in [0.05, 0.1) is 23.4 Å². The van der Waals surface area contributed by atoms with Crippen molar-refractivity contribution in [3.8, 4) is 34.6 Å². The van der Waals surface area contributed by atoms with Gasteiger partial charge in [0.2, 0.25) is 5.91 Å². The number of anilines is 1. The Morgan fingerprint density at radius 3 is 2.22 bits per heavy atom. The summed E-state index contributed by atoms with van der Waals surface area (Å²) in [7, 11) is 0. The molecule has 63 heavy (non-hydrogen) atoms. The van der Waals surface area contributed by atoms with E-state index in [0.29, 0.717) is 40.8 Å². The number of thiophene rings is 1. The van der Waals surface area contributed by atoms with E-state index in [1.807, 2.05) is 74.2 Å². The van der Waals surface area contributed by atoms with Crippen molar-refractivity contribution in [2.24, 2.45) is 10.9 Å². The fourth-order valence-electron chi connectivity index (χ4n) is 8.97. The molecule has 0 bridgehead atoms. The van der Waals surface area contributed by atoms with Crippen LogP contribution in [0.1, 0.15) is 78.6 Å². The molecule has 5 aromatic rings. The van der Waals surface area contributed by atoms with Crippen molar-refractivity contribution < 1.29 is 20.1 Å². The lowest BCUT2D eigenvalue weighted by Gasteiger charge is -2.39. The highest BCUT2D eigenvalue weighted by atomic mass is 35.5. The third-order valence-electron chi connectivity index (χ3n) is 12.7. The average molecular weight is 892 g/mol. The number of benzene rings is 3. The molecule has 0 saturated carbocycles. The number of aromatic hydroxyl groups is 3. The summed E-state index contributed by atoms with van der Waals surface area (Å²) in [6.45, 7) is 16.6. The number of fused-ring (bicyclic) bond motifs is 1. The number of amides is 1. The molecular weight excluding hydrogens is 836 g/mol. The Morgan fingerprint density at radius 2 is 1.57 bits per heavy atom. The van der Waals surface area contributed by atoms with Crippen LogP contribution in [0, 0.1) is 30.6 Å². The van der Waals surface area contributed by atoms with Gasteiger partial charge in [-0.2, -0.15) is 0 Å². The quantitative estimate of drug-likeness (QED) is 0.0687. The van der Waals surface area contributed by atoms with Gasteiger partial charge >= 0.3 is 6.01 Å². The second-order valence-corrected chi connectivity index (χ2v) is 18.9. The number of piperidine rings is 1. The molecule has 16 heteroatoms. The highest BCUT2D eigenvalue weighted by molar-refractivity contribution is 7.17. The molecule has 2 aromatic heterocycles. The normalized spacial score (nSPS) is 17.9. The summed E-state index contributed by atoms with van der Waals surface area (Å²) in [5, 5.41) is 59.1. The molecule has 5 heterocycles. The van der Waals surface area contributed by atoms with Gasteiger partial charge in [-0.15, -0.1) is 16.4 Å². The minimum absolute atomic E-state index is 0.00303. The maximum Gasteiger partial charge on any atom is 0.319 e. The molecule has 330 valence electrons. The van der Waals surface area contributed by atoms with Gasteiger partial charge in [0, 0.05) is 79.5 Å². The third-order valence-corrected chi connectivity index (χ3v) is 14.1. The van der Waals surface area contributed by atoms with Crippen molar-refractivity contribution in [3.05, 3.63) is 98.4 Å². The summed E-state index contributed by atoms with van der Waals surface area (Å²) in [5.74, 6) is 0.984. The number of nitrogens with zero attached hydrogens (tertiary/aromatic N) is 8. The second-order valence-electron chi connectivity index (χ2n) is 17.3. The van der Waals surface area contributed by atoms with Crippen molar-refractivity contribution in [2.45, 2.75) is 72.4 Å². The predicted octanol–water partition coefficient (Wildman–Crippen LogP) is 7.95. The highest BCUT2D eigenvalue weighted by Crippen LogP contribution is 2.41. The smallest absolute Gasteiger partial charge is 0.319 e. The van der Waals surface area contributed by atoms with Crippen LogP contribution in [0.2, 0.25) is 5.02 Å². The zero-order valence-electron chi connectivity index (χ0n) is 36.4. The molecular formula is C47H55ClN10O4S. The molecule has 2 saturated heterocycles. The second kappa shape index (κ2) is 18.2. The zero-order chi connectivity index (χ0) is 44.7. The Labute approximate surface area is 377 Å². The molecule has 3 aromatic carbocycles. The number of carbonyl (C=O) groups is 1. The van der Waals surface area contributed by atoms with Crippen molar-refractivity contribution >= 4 is 51.2 Å². The first-order chi connectivity index (χ1) is 30.2. The van der Waals surface area contributed by atoms with Crippen molar-refractivity contribution in [1.29, 1.82) is 10.8 Å². The van der Waals surface area contributed by atoms with Crippen LogP contribution in [-0.2, 0) is 11.3 Å². The minimum atomic E-state index is -0.741. The first-order valence-electron chi connectivity index (χ1n) is 21.6. The number of likely N-dealkylation sites (tertiary alicyclic amines) is 1. The van der Waals surface area contributed by atoms with Crippen LogP contribution >= 0.6 is 22.9 Å². The van der Waals surface area contributed by atoms with E-state index < -0.39 is 6.04 Å². The van der Waals surface area contributed by atoms with E-state index in [2.05, 4.69) is 26.9 Å². The van der Waals surface area contributed by atoms with Gasteiger partial charge in [0.1, 0.15) is 34.2 Å². The monoisotopic (exact) mass is 890 g/mol. The van der Waals surface area contributed by atoms with Crippen LogP contribution in [0.25, 0.3) is 17.1 Å². The number of phenols is 2. The Morgan fingerprint density at radius 1 is 0.905 bits per heavy atom. The van der Waals surface area contributed by atoms with Gasteiger partial charge in [-0.3, -0.25) is 30.4 Å². The van der Waals surface area contributed by atoms with Gasteiger partial charge in [0.25, 0.3) is 0 Å². The van der Waals surface area contributed by atoms with Crippen LogP contribution in [0.3, 0.4) is 0 Å². The SMILES string of the molecule is CC(=N)N1C(=N)[C@H](CC(=O)N2CCC(CN3CCN(Cc4ccc(-n5c(O)nnc5-c5cc(C(C)C)c(O)cc5O)cc4)CC3)CC2)N=C(c2ccc(Cl)cc2)c2c1sc(C)c2C. The van der Waals surface area contributed by atoms with E-state index in [1.165, 1.54) is 10.6 Å². The Balaban J connectivity index is 0.845. The van der Waals surface area contributed by atoms with Crippen LogP contribution in [0.15, 0.2) is 65.7 Å². The Bertz CT molecular complexity index is 2550. The van der Waals surface area contributed by atoms with Gasteiger partial charge in [-0.1, -0.05) is 54.8 Å². The van der Waals surface area contributed by atoms with Crippen molar-refractivity contribution in [2.75, 3.05) is 50.7 Å². The number of hydrogen-bond acceptors (Lipinski definition) is 12. The number of amidine groups is 2. The summed E-state index contributed by atoms with van der Waals surface area (Å²) in [6.07, 6.45) is 1.92. The maximum atomic E-state index is 13.9. The van der Waals surface area contributed by atoms with E-state index in [1.54, 1.807) is 29.2 Å². The van der Waals surface area contributed by atoms with Crippen molar-refractivity contribution in [3.63, 3.8) is 0 Å². The zero-order valence-corrected chi connectivity index (χ0v) is 38.0. The lowest BCUT2D eigenvalue weighted by atomic mass is 9.95. The molecule has 1 amide bonds. The molecule has 0 unspecified atom stereocenters. The number of nitrogens with one attached hydrogen (secondary N) is 2. The van der Waals surface area contributed by atoms with Gasteiger partial charge in [0.15, 0.2) is 5.82 Å². The molecule has 5 N–H and O–H groups in total. The minimum Gasteiger partial charge on any atom is -0.508 e. The number of rotatable bonds is 10. The molecule has 0 radical (unpaired) electrons. The van der Waals surface area contributed by atoms with E-state index in [9.17, 15) is 25.5 Å². The number of phenolic OH excluding ortho intramolecular Hbond substituents is 2. The number of aliphatic imine (C=N–C) groups is 1. The van der Waals surface area contributed by atoms with E-state index in [-0.39, 0.29) is 53.3 Å². The predicted molar refractivity (Wildman–Crippen MR) is 250 cm³/mol. The first kappa shape index (κ1) is 44.0. The average Bonchev–Trinajstić information content (AvgIpc) is 3.74. The fraction of sp³-hybridized carbons (Fsp3) is 0.404. The number of hydrogen-bond donors (Lipinski definition) is 5.